The number of nitrogens with two attached hydrogens (primary N) is 1. The minimum absolute atomic E-state index is 0.0473. The number of ether oxygens (including phenoxy) is 2. The molecule has 0 fully saturated rings. The van der Waals surface area contributed by atoms with Gasteiger partial charge in [-0.25, -0.2) is 0 Å². The van der Waals surface area contributed by atoms with Gasteiger partial charge < -0.3 is 25.2 Å². The van der Waals surface area contributed by atoms with Crippen molar-refractivity contribution in [2.45, 2.75) is 58.9 Å². The van der Waals surface area contributed by atoms with Crippen LogP contribution in [0, 0.1) is 13.8 Å². The van der Waals surface area contributed by atoms with E-state index in [-0.39, 0.29) is 11.7 Å². The minimum atomic E-state index is -0.701. The summed E-state index contributed by atoms with van der Waals surface area (Å²) in [6, 6.07) is 13.2. The van der Waals surface area contributed by atoms with Crippen LogP contribution >= 0.6 is 0 Å². The highest BCUT2D eigenvalue weighted by molar-refractivity contribution is 6.04. The Bertz CT molecular complexity index is 1440. The summed E-state index contributed by atoms with van der Waals surface area (Å²) in [7, 11) is 3.12. The smallest absolute Gasteiger partial charge is 0.249 e. The number of aryl methyl sites for hydroxylation is 2. The van der Waals surface area contributed by atoms with Crippen molar-refractivity contribution in [3.05, 3.63) is 70.3 Å². The van der Waals surface area contributed by atoms with E-state index in [1.807, 2.05) is 58.0 Å². The van der Waals surface area contributed by atoms with Crippen LogP contribution in [0.3, 0.4) is 0 Å². The summed E-state index contributed by atoms with van der Waals surface area (Å²) in [6.45, 7) is 11.4. The quantitative estimate of drug-likeness (QED) is 0.457. The minimum Gasteiger partial charge on any atom is -0.507 e. The first-order valence-corrected chi connectivity index (χ1v) is 12.6. The van der Waals surface area contributed by atoms with Gasteiger partial charge in [0, 0.05) is 40.6 Å². The molecule has 3 aromatic carbocycles. The molecular formula is C31H36N2O5. The Kier molecular flexibility index (Phi) is 6.68. The number of methoxy groups -OCH3 is 2. The molecule has 2 amide bonds. The monoisotopic (exact) mass is 516 g/mol. The molecule has 38 heavy (non-hydrogen) atoms. The first kappa shape index (κ1) is 27.0. The molecule has 7 heteroatoms. The number of hydrogen-bond acceptors (Lipinski definition) is 5. The molecule has 0 aliphatic carbocycles. The van der Waals surface area contributed by atoms with Crippen LogP contribution in [0.15, 0.2) is 42.5 Å². The van der Waals surface area contributed by atoms with Gasteiger partial charge in [-0.1, -0.05) is 30.7 Å². The molecule has 4 rings (SSSR count). The summed E-state index contributed by atoms with van der Waals surface area (Å²) >= 11 is 0. The molecule has 0 saturated carbocycles. The van der Waals surface area contributed by atoms with Gasteiger partial charge in [-0.3, -0.25) is 9.59 Å². The molecule has 1 aliphatic heterocycles. The predicted molar refractivity (Wildman–Crippen MR) is 149 cm³/mol. The van der Waals surface area contributed by atoms with Gasteiger partial charge >= 0.3 is 0 Å². The van der Waals surface area contributed by atoms with E-state index in [1.165, 1.54) is 14.0 Å². The molecule has 0 bridgehead atoms. The number of rotatable bonds is 5. The predicted octanol–water partition coefficient (Wildman–Crippen LogP) is 5.63. The number of carbonyl (C=O) groups is 2. The fourth-order valence-electron chi connectivity index (χ4n) is 6.41. The SMILES string of the molecule is COc1ccc(C2(C)CC(C)(C)N(C(C)=O)c3cc(OC)c(-c4c(C)cc(C)cc4C(N)=O)c(O)c32)cc1. The van der Waals surface area contributed by atoms with E-state index in [0.29, 0.717) is 40.1 Å². The lowest BCUT2D eigenvalue weighted by Gasteiger charge is -2.51. The third-order valence-corrected chi connectivity index (χ3v) is 7.69. The van der Waals surface area contributed by atoms with Gasteiger partial charge in [-0.2, -0.15) is 0 Å². The first-order valence-electron chi connectivity index (χ1n) is 12.6. The summed E-state index contributed by atoms with van der Waals surface area (Å²) in [5.74, 6) is 0.270. The highest BCUT2D eigenvalue weighted by Gasteiger charge is 2.49. The van der Waals surface area contributed by atoms with E-state index in [2.05, 4.69) is 6.92 Å². The van der Waals surface area contributed by atoms with Gasteiger partial charge in [0.1, 0.15) is 17.2 Å². The Morgan fingerprint density at radius 3 is 2.13 bits per heavy atom. The number of anilines is 1. The molecule has 0 radical (unpaired) electrons. The number of benzene rings is 3. The van der Waals surface area contributed by atoms with Crippen molar-refractivity contribution in [2.75, 3.05) is 19.1 Å². The fourth-order valence-corrected chi connectivity index (χ4v) is 6.41. The maximum absolute atomic E-state index is 13.0. The van der Waals surface area contributed by atoms with E-state index in [0.717, 1.165) is 22.4 Å². The van der Waals surface area contributed by atoms with Crippen LogP contribution in [0.25, 0.3) is 11.1 Å². The van der Waals surface area contributed by atoms with Crippen molar-refractivity contribution in [3.8, 4) is 28.4 Å². The number of hydrogen-bond donors (Lipinski definition) is 2. The van der Waals surface area contributed by atoms with Crippen LogP contribution in [-0.2, 0) is 10.2 Å². The Morgan fingerprint density at radius 2 is 1.61 bits per heavy atom. The lowest BCUT2D eigenvalue weighted by molar-refractivity contribution is -0.117. The maximum Gasteiger partial charge on any atom is 0.249 e. The third-order valence-electron chi connectivity index (χ3n) is 7.69. The molecular weight excluding hydrogens is 480 g/mol. The number of aromatic hydroxyl groups is 1. The third kappa shape index (κ3) is 4.16. The summed E-state index contributed by atoms with van der Waals surface area (Å²) in [4.78, 5) is 27.3. The van der Waals surface area contributed by atoms with Gasteiger partial charge in [0.05, 0.1) is 25.5 Å². The molecule has 1 heterocycles. The molecule has 3 aromatic rings. The molecule has 1 unspecified atom stereocenters. The molecule has 200 valence electrons. The Morgan fingerprint density at radius 1 is 0.974 bits per heavy atom. The normalized spacial score (nSPS) is 18.1. The van der Waals surface area contributed by atoms with Crippen molar-refractivity contribution < 1.29 is 24.2 Å². The summed E-state index contributed by atoms with van der Waals surface area (Å²) < 4.78 is 11.2. The second-order valence-corrected chi connectivity index (χ2v) is 11.0. The lowest BCUT2D eigenvalue weighted by atomic mass is 9.64. The van der Waals surface area contributed by atoms with E-state index >= 15 is 0 Å². The fraction of sp³-hybridized carbons (Fsp3) is 0.355. The molecule has 0 spiro atoms. The van der Waals surface area contributed by atoms with Crippen LogP contribution in [0.1, 0.15) is 66.7 Å². The molecule has 1 atom stereocenters. The van der Waals surface area contributed by atoms with Crippen LogP contribution in [0.5, 0.6) is 17.2 Å². The number of amides is 2. The molecule has 3 N–H and O–H groups in total. The summed E-state index contributed by atoms with van der Waals surface area (Å²) in [5.41, 5.74) is 9.47. The van der Waals surface area contributed by atoms with Crippen LogP contribution < -0.4 is 20.1 Å². The van der Waals surface area contributed by atoms with Crippen molar-refractivity contribution in [1.29, 1.82) is 0 Å². The number of fused-ring (bicyclic) bond motifs is 1. The Labute approximate surface area is 224 Å². The average Bonchev–Trinajstić information content (AvgIpc) is 2.82. The highest BCUT2D eigenvalue weighted by Crippen LogP contribution is 2.58. The van der Waals surface area contributed by atoms with Gasteiger partial charge in [0.15, 0.2) is 0 Å². The molecule has 0 saturated heterocycles. The zero-order valence-electron chi connectivity index (χ0n) is 23.4. The van der Waals surface area contributed by atoms with E-state index in [9.17, 15) is 14.7 Å². The summed E-state index contributed by atoms with van der Waals surface area (Å²) in [6.07, 6.45) is 0.536. The lowest BCUT2D eigenvalue weighted by Crippen LogP contribution is -2.55. The zero-order chi connectivity index (χ0) is 28.2. The standard InChI is InChI=1S/C31H36N2O5/c1-17-13-18(2)25(22(14-17)29(32)36)26-24(38-8)15-23-27(28(26)35)31(6,16-30(4,5)33(23)19(3)34)20-9-11-21(37-7)12-10-20/h9-15,35H,16H2,1-8H3,(H2,32,36). The summed E-state index contributed by atoms with van der Waals surface area (Å²) in [5, 5.41) is 12.2. The number of primary amides is 1. The number of nitrogens with zero attached hydrogens (tertiary/aromatic N) is 1. The molecule has 1 aliphatic rings. The number of phenolic OH excluding ortho intramolecular Hbond substituents is 1. The van der Waals surface area contributed by atoms with Crippen molar-refractivity contribution >= 4 is 17.5 Å². The Hall–Kier alpha value is -4.00. The van der Waals surface area contributed by atoms with E-state index in [1.54, 1.807) is 24.1 Å². The Balaban J connectivity index is 2.17. The highest BCUT2D eigenvalue weighted by atomic mass is 16.5. The largest absolute Gasteiger partial charge is 0.507 e. The van der Waals surface area contributed by atoms with Crippen molar-refractivity contribution in [3.63, 3.8) is 0 Å². The second kappa shape index (κ2) is 9.39. The number of carbonyl (C=O) groups excluding carboxylic acids is 2. The van der Waals surface area contributed by atoms with E-state index in [4.69, 9.17) is 15.2 Å². The van der Waals surface area contributed by atoms with Crippen molar-refractivity contribution in [2.24, 2.45) is 5.73 Å². The van der Waals surface area contributed by atoms with Crippen molar-refractivity contribution in [1.82, 2.24) is 0 Å². The molecule has 0 aromatic heterocycles. The second-order valence-electron chi connectivity index (χ2n) is 11.0. The van der Waals surface area contributed by atoms with Crippen LogP contribution in [0.4, 0.5) is 5.69 Å². The maximum atomic E-state index is 13.0. The number of phenols is 1. The van der Waals surface area contributed by atoms with Gasteiger partial charge in [-0.05, 0) is 63.4 Å². The molecule has 7 nitrogen and oxygen atoms in total. The van der Waals surface area contributed by atoms with Crippen LogP contribution in [0.2, 0.25) is 0 Å². The topological polar surface area (TPSA) is 102 Å². The van der Waals surface area contributed by atoms with E-state index < -0.39 is 16.9 Å². The van der Waals surface area contributed by atoms with Gasteiger partial charge in [-0.15, -0.1) is 0 Å². The average molecular weight is 517 g/mol. The van der Waals surface area contributed by atoms with Gasteiger partial charge in [0.25, 0.3) is 0 Å². The van der Waals surface area contributed by atoms with Crippen LogP contribution in [-0.4, -0.2) is 36.7 Å². The first-order chi connectivity index (χ1) is 17.8. The zero-order valence-corrected chi connectivity index (χ0v) is 23.4. The van der Waals surface area contributed by atoms with Gasteiger partial charge in [0.2, 0.25) is 11.8 Å².